The van der Waals surface area contributed by atoms with Crippen LogP contribution in [-0.2, 0) is 14.3 Å². The topological polar surface area (TPSA) is 94.5 Å². The van der Waals surface area contributed by atoms with Gasteiger partial charge in [0.05, 0.1) is 47.7 Å². The quantitative estimate of drug-likeness (QED) is 0.818. The van der Waals surface area contributed by atoms with Crippen molar-refractivity contribution in [3.8, 4) is 6.07 Å². The van der Waals surface area contributed by atoms with Gasteiger partial charge in [-0.2, -0.15) is 5.26 Å². The minimum absolute atomic E-state index is 0.153. The zero-order valence-electron chi connectivity index (χ0n) is 15.9. The van der Waals surface area contributed by atoms with Crippen LogP contribution in [0.3, 0.4) is 0 Å². The molecule has 7 heteroatoms. The summed E-state index contributed by atoms with van der Waals surface area (Å²) in [6, 6.07) is 16.6. The van der Waals surface area contributed by atoms with E-state index in [0.717, 1.165) is 24.5 Å². The normalized spacial score (nSPS) is 20.4. The molecule has 0 bridgehead atoms. The number of nitrogens with one attached hydrogen (secondary N) is 2. The lowest BCUT2D eigenvalue weighted by molar-refractivity contribution is -0.122. The highest BCUT2D eigenvalue weighted by atomic mass is 16.5. The Morgan fingerprint density at radius 2 is 1.52 bits per heavy atom. The molecule has 29 heavy (non-hydrogen) atoms. The number of anilines is 3. The Labute approximate surface area is 169 Å². The van der Waals surface area contributed by atoms with Gasteiger partial charge in [-0.05, 0) is 30.7 Å². The maximum atomic E-state index is 12.7. The molecule has 2 fully saturated rings. The molecule has 1 aliphatic carbocycles. The second-order valence-electron chi connectivity index (χ2n) is 7.20. The third-order valence-corrected chi connectivity index (χ3v) is 5.28. The molecular formula is C22H22N4O3. The lowest BCUT2D eigenvalue weighted by Gasteiger charge is -2.30. The Balaban J connectivity index is 1.39. The standard InChI is InChI=1S/C22H22N4O3/c23-14-15-5-1-2-6-18(15)24-21(27)16-13-17(16)22(28)25-19-7-3-4-8-20(19)26-9-11-29-12-10-26/h1-8,16-17H,9-13H2,(H,24,27)(H,25,28). The van der Waals surface area contributed by atoms with Crippen molar-refractivity contribution in [2.24, 2.45) is 11.8 Å². The molecule has 0 aromatic heterocycles. The highest BCUT2D eigenvalue weighted by Crippen LogP contribution is 2.41. The molecule has 2 aromatic rings. The maximum absolute atomic E-state index is 12.7. The van der Waals surface area contributed by atoms with Crippen LogP contribution in [0, 0.1) is 23.2 Å². The molecule has 0 radical (unpaired) electrons. The number of ether oxygens (including phenoxy) is 1. The molecule has 1 aliphatic heterocycles. The van der Waals surface area contributed by atoms with Gasteiger partial charge in [-0.25, -0.2) is 0 Å². The monoisotopic (exact) mass is 390 g/mol. The Morgan fingerprint density at radius 1 is 0.931 bits per heavy atom. The molecule has 0 spiro atoms. The van der Waals surface area contributed by atoms with Crippen LogP contribution in [0.2, 0.25) is 0 Å². The third-order valence-electron chi connectivity index (χ3n) is 5.28. The summed E-state index contributed by atoms with van der Waals surface area (Å²) >= 11 is 0. The van der Waals surface area contributed by atoms with Crippen molar-refractivity contribution in [1.29, 1.82) is 5.26 Å². The van der Waals surface area contributed by atoms with E-state index >= 15 is 0 Å². The number of para-hydroxylation sites is 3. The van der Waals surface area contributed by atoms with Crippen LogP contribution < -0.4 is 15.5 Å². The molecule has 2 aromatic carbocycles. The number of nitriles is 1. The van der Waals surface area contributed by atoms with E-state index in [1.54, 1.807) is 24.3 Å². The van der Waals surface area contributed by atoms with Gasteiger partial charge in [0.1, 0.15) is 6.07 Å². The first-order valence-corrected chi connectivity index (χ1v) is 9.70. The predicted molar refractivity (Wildman–Crippen MR) is 109 cm³/mol. The third kappa shape index (κ3) is 4.23. The van der Waals surface area contributed by atoms with Gasteiger partial charge in [0.15, 0.2) is 0 Å². The Kier molecular flexibility index (Phi) is 5.45. The van der Waals surface area contributed by atoms with Gasteiger partial charge in [-0.1, -0.05) is 24.3 Å². The molecule has 1 saturated carbocycles. The molecule has 1 saturated heterocycles. The van der Waals surface area contributed by atoms with Crippen LogP contribution in [0.25, 0.3) is 0 Å². The fourth-order valence-corrected chi connectivity index (χ4v) is 3.57. The summed E-state index contributed by atoms with van der Waals surface area (Å²) in [5.41, 5.74) is 2.60. The van der Waals surface area contributed by atoms with Crippen LogP contribution in [0.15, 0.2) is 48.5 Å². The number of rotatable bonds is 5. The summed E-state index contributed by atoms with van der Waals surface area (Å²) in [6.45, 7) is 2.88. The van der Waals surface area contributed by atoms with Crippen molar-refractivity contribution in [3.05, 3.63) is 54.1 Å². The molecule has 2 amide bonds. The van der Waals surface area contributed by atoms with E-state index in [1.165, 1.54) is 0 Å². The first-order chi connectivity index (χ1) is 14.2. The summed E-state index contributed by atoms with van der Waals surface area (Å²) < 4.78 is 5.40. The van der Waals surface area contributed by atoms with Gasteiger partial charge >= 0.3 is 0 Å². The van der Waals surface area contributed by atoms with E-state index < -0.39 is 0 Å². The second kappa shape index (κ2) is 8.33. The first-order valence-electron chi connectivity index (χ1n) is 9.70. The van der Waals surface area contributed by atoms with Crippen LogP contribution in [-0.4, -0.2) is 38.1 Å². The summed E-state index contributed by atoms with van der Waals surface area (Å²) in [4.78, 5) is 27.4. The van der Waals surface area contributed by atoms with E-state index in [9.17, 15) is 9.59 Å². The highest BCUT2D eigenvalue weighted by Gasteiger charge is 2.48. The van der Waals surface area contributed by atoms with Crippen LogP contribution in [0.5, 0.6) is 0 Å². The summed E-state index contributed by atoms with van der Waals surface area (Å²) in [5, 5.41) is 14.9. The molecule has 2 aliphatic rings. The van der Waals surface area contributed by atoms with E-state index in [1.807, 2.05) is 24.3 Å². The summed E-state index contributed by atoms with van der Waals surface area (Å²) in [7, 11) is 0. The SMILES string of the molecule is N#Cc1ccccc1NC(=O)C1CC1C(=O)Nc1ccccc1N1CCOCC1. The van der Waals surface area contributed by atoms with Gasteiger partial charge < -0.3 is 20.3 Å². The fourth-order valence-electron chi connectivity index (χ4n) is 3.57. The number of benzene rings is 2. The minimum Gasteiger partial charge on any atom is -0.378 e. The van der Waals surface area contributed by atoms with Gasteiger partial charge in [-0.3, -0.25) is 9.59 Å². The Morgan fingerprint density at radius 3 is 2.21 bits per heavy atom. The average molecular weight is 390 g/mol. The minimum atomic E-state index is -0.378. The lowest BCUT2D eigenvalue weighted by Crippen LogP contribution is -2.36. The number of hydrogen-bond acceptors (Lipinski definition) is 5. The summed E-state index contributed by atoms with van der Waals surface area (Å²) in [6.07, 6.45) is 0.506. The van der Waals surface area contributed by atoms with Crippen LogP contribution in [0.4, 0.5) is 17.1 Å². The van der Waals surface area contributed by atoms with Crippen LogP contribution in [0.1, 0.15) is 12.0 Å². The number of carbonyl (C=O) groups is 2. The molecule has 148 valence electrons. The molecule has 4 rings (SSSR count). The smallest absolute Gasteiger partial charge is 0.228 e. The first kappa shape index (κ1) is 19.0. The number of amides is 2. The highest BCUT2D eigenvalue weighted by molar-refractivity contribution is 6.04. The van der Waals surface area contributed by atoms with Crippen molar-refractivity contribution >= 4 is 28.9 Å². The van der Waals surface area contributed by atoms with Crippen molar-refractivity contribution < 1.29 is 14.3 Å². The Hall–Kier alpha value is -3.37. The van der Waals surface area contributed by atoms with Crippen molar-refractivity contribution in [1.82, 2.24) is 0 Å². The van der Waals surface area contributed by atoms with Gasteiger partial charge in [0.2, 0.25) is 11.8 Å². The van der Waals surface area contributed by atoms with Crippen molar-refractivity contribution in [2.45, 2.75) is 6.42 Å². The second-order valence-corrected chi connectivity index (χ2v) is 7.20. The van der Waals surface area contributed by atoms with Gasteiger partial charge in [0, 0.05) is 13.1 Å². The number of carbonyl (C=O) groups excluding carboxylic acids is 2. The Bertz CT molecular complexity index is 963. The fraction of sp³-hybridized carbons (Fsp3) is 0.318. The van der Waals surface area contributed by atoms with E-state index in [2.05, 4.69) is 21.6 Å². The summed E-state index contributed by atoms with van der Waals surface area (Å²) in [5.74, 6) is -1.12. The maximum Gasteiger partial charge on any atom is 0.228 e. The zero-order chi connectivity index (χ0) is 20.2. The zero-order valence-corrected chi connectivity index (χ0v) is 15.9. The molecule has 2 atom stereocenters. The molecular weight excluding hydrogens is 368 g/mol. The number of nitrogens with zero attached hydrogens (tertiary/aromatic N) is 2. The lowest BCUT2D eigenvalue weighted by atomic mass is 10.2. The van der Waals surface area contributed by atoms with E-state index in [4.69, 9.17) is 10.00 Å². The largest absolute Gasteiger partial charge is 0.378 e. The molecule has 2 unspecified atom stereocenters. The average Bonchev–Trinajstić information content (AvgIpc) is 3.56. The van der Waals surface area contributed by atoms with Gasteiger partial charge in [-0.15, -0.1) is 0 Å². The van der Waals surface area contributed by atoms with Crippen LogP contribution >= 0.6 is 0 Å². The predicted octanol–water partition coefficient (Wildman–Crippen LogP) is 2.61. The molecule has 2 N–H and O–H groups in total. The molecule has 1 heterocycles. The number of hydrogen-bond donors (Lipinski definition) is 2. The van der Waals surface area contributed by atoms with E-state index in [-0.39, 0.29) is 23.7 Å². The molecule has 7 nitrogen and oxygen atoms in total. The van der Waals surface area contributed by atoms with Crippen molar-refractivity contribution in [2.75, 3.05) is 41.8 Å². The van der Waals surface area contributed by atoms with Crippen molar-refractivity contribution in [3.63, 3.8) is 0 Å². The number of morpholine rings is 1. The van der Waals surface area contributed by atoms with Gasteiger partial charge in [0.25, 0.3) is 0 Å². The van der Waals surface area contributed by atoms with E-state index in [0.29, 0.717) is 30.9 Å².